The summed E-state index contributed by atoms with van der Waals surface area (Å²) in [6, 6.07) is 7.75. The first kappa shape index (κ1) is 16.4. The van der Waals surface area contributed by atoms with Gasteiger partial charge in [0.15, 0.2) is 0 Å². The summed E-state index contributed by atoms with van der Waals surface area (Å²) in [6.07, 6.45) is 2.48. The molecule has 6 heteroatoms. The average Bonchev–Trinajstić information content (AvgIpc) is 2.79. The summed E-state index contributed by atoms with van der Waals surface area (Å²) in [4.78, 5) is 12.0. The second-order valence-electron chi connectivity index (χ2n) is 4.95. The molecule has 0 saturated heterocycles. The van der Waals surface area contributed by atoms with Crippen molar-refractivity contribution in [2.24, 2.45) is 7.05 Å². The van der Waals surface area contributed by atoms with Crippen molar-refractivity contribution in [2.75, 3.05) is 24.4 Å². The van der Waals surface area contributed by atoms with Gasteiger partial charge in [0.2, 0.25) is 5.91 Å². The lowest BCUT2D eigenvalue weighted by atomic mass is 10.1. The van der Waals surface area contributed by atoms with Crippen LogP contribution in [0.25, 0.3) is 11.1 Å². The van der Waals surface area contributed by atoms with Crippen LogP contribution in [0.2, 0.25) is 0 Å². The van der Waals surface area contributed by atoms with Gasteiger partial charge < -0.3 is 10.1 Å². The third-order valence-corrected chi connectivity index (χ3v) is 4.00. The number of benzene rings is 1. The number of carbonyl (C=O) groups excluding carboxylic acids is 1. The topological polar surface area (TPSA) is 56.1 Å². The lowest BCUT2D eigenvalue weighted by Crippen LogP contribution is -2.15. The first-order valence-corrected chi connectivity index (χ1v) is 8.43. The normalized spacial score (nSPS) is 10.5. The highest BCUT2D eigenvalue weighted by Crippen LogP contribution is 2.32. The molecule has 0 spiro atoms. The molecule has 5 nitrogen and oxygen atoms in total. The van der Waals surface area contributed by atoms with E-state index in [4.69, 9.17) is 4.74 Å². The number of anilines is 1. The van der Waals surface area contributed by atoms with Crippen molar-refractivity contribution in [2.45, 2.75) is 13.3 Å². The number of hydrogen-bond donors (Lipinski definition) is 1. The van der Waals surface area contributed by atoms with E-state index in [0.717, 1.165) is 34.1 Å². The minimum atomic E-state index is 0.00658. The molecule has 0 aliphatic heterocycles. The van der Waals surface area contributed by atoms with Gasteiger partial charge >= 0.3 is 0 Å². The monoisotopic (exact) mass is 319 g/mol. The van der Waals surface area contributed by atoms with Gasteiger partial charge in [0.05, 0.1) is 12.8 Å². The summed E-state index contributed by atoms with van der Waals surface area (Å²) in [6.45, 7) is 1.94. The van der Waals surface area contributed by atoms with Crippen molar-refractivity contribution >= 4 is 23.5 Å². The highest BCUT2D eigenvalue weighted by atomic mass is 32.2. The lowest BCUT2D eigenvalue weighted by molar-refractivity contribution is -0.115. The molecule has 1 aromatic carbocycles. The number of methoxy groups -OCH3 is 1. The van der Waals surface area contributed by atoms with Gasteiger partial charge in [0, 0.05) is 24.8 Å². The van der Waals surface area contributed by atoms with Gasteiger partial charge in [0.1, 0.15) is 11.6 Å². The zero-order valence-electron chi connectivity index (χ0n) is 13.3. The minimum Gasteiger partial charge on any atom is -0.497 e. The standard InChI is InChI=1S/C16H21N3O2S/c1-11-15(12-5-7-13(21-3)8-6-12)16(19(2)18-11)17-14(20)9-10-22-4/h5-8H,9-10H2,1-4H3,(H,17,20). The van der Waals surface area contributed by atoms with Crippen LogP contribution in [-0.4, -0.2) is 34.8 Å². The number of aromatic nitrogens is 2. The van der Waals surface area contributed by atoms with Crippen molar-refractivity contribution in [1.82, 2.24) is 9.78 Å². The Labute approximate surface area is 135 Å². The van der Waals surface area contributed by atoms with Crippen LogP contribution in [0.1, 0.15) is 12.1 Å². The van der Waals surface area contributed by atoms with Gasteiger partial charge in [-0.25, -0.2) is 0 Å². The highest BCUT2D eigenvalue weighted by Gasteiger charge is 2.17. The Morgan fingerprint density at radius 2 is 2.05 bits per heavy atom. The van der Waals surface area contributed by atoms with E-state index in [-0.39, 0.29) is 5.91 Å². The van der Waals surface area contributed by atoms with Crippen LogP contribution < -0.4 is 10.1 Å². The van der Waals surface area contributed by atoms with Crippen molar-refractivity contribution in [3.8, 4) is 16.9 Å². The summed E-state index contributed by atoms with van der Waals surface area (Å²) in [5, 5.41) is 7.41. The van der Waals surface area contributed by atoms with E-state index in [2.05, 4.69) is 10.4 Å². The molecule has 22 heavy (non-hydrogen) atoms. The van der Waals surface area contributed by atoms with Gasteiger partial charge in [-0.05, 0) is 30.9 Å². The summed E-state index contributed by atoms with van der Waals surface area (Å²) in [5.41, 5.74) is 2.84. The van der Waals surface area contributed by atoms with Crippen molar-refractivity contribution in [1.29, 1.82) is 0 Å². The molecule has 1 amide bonds. The van der Waals surface area contributed by atoms with Gasteiger partial charge in [-0.1, -0.05) is 12.1 Å². The largest absolute Gasteiger partial charge is 0.497 e. The van der Waals surface area contributed by atoms with E-state index >= 15 is 0 Å². The van der Waals surface area contributed by atoms with E-state index in [0.29, 0.717) is 6.42 Å². The third kappa shape index (κ3) is 3.62. The summed E-state index contributed by atoms with van der Waals surface area (Å²) >= 11 is 1.66. The fourth-order valence-corrected chi connectivity index (χ4v) is 2.68. The number of hydrogen-bond acceptors (Lipinski definition) is 4. The van der Waals surface area contributed by atoms with E-state index in [1.807, 2.05) is 44.5 Å². The second kappa shape index (κ2) is 7.35. The van der Waals surface area contributed by atoms with Crippen LogP contribution in [0, 0.1) is 6.92 Å². The molecule has 2 rings (SSSR count). The van der Waals surface area contributed by atoms with Crippen LogP contribution in [0.4, 0.5) is 5.82 Å². The van der Waals surface area contributed by atoms with Gasteiger partial charge in [-0.15, -0.1) is 0 Å². The van der Waals surface area contributed by atoms with Crippen molar-refractivity contribution in [3.05, 3.63) is 30.0 Å². The molecule has 0 aliphatic carbocycles. The quantitative estimate of drug-likeness (QED) is 0.889. The zero-order chi connectivity index (χ0) is 16.1. The predicted molar refractivity (Wildman–Crippen MR) is 91.6 cm³/mol. The maximum absolute atomic E-state index is 12.0. The van der Waals surface area contributed by atoms with E-state index in [1.54, 1.807) is 23.6 Å². The number of nitrogens with one attached hydrogen (secondary N) is 1. The number of aryl methyl sites for hydroxylation is 2. The minimum absolute atomic E-state index is 0.00658. The first-order valence-electron chi connectivity index (χ1n) is 7.03. The molecule has 118 valence electrons. The zero-order valence-corrected chi connectivity index (χ0v) is 14.2. The molecule has 1 N–H and O–H groups in total. The Hall–Kier alpha value is -1.95. The maximum Gasteiger partial charge on any atom is 0.226 e. The van der Waals surface area contributed by atoms with Crippen LogP contribution in [-0.2, 0) is 11.8 Å². The van der Waals surface area contributed by atoms with Crippen LogP contribution >= 0.6 is 11.8 Å². The van der Waals surface area contributed by atoms with Crippen LogP contribution in [0.3, 0.4) is 0 Å². The van der Waals surface area contributed by atoms with Gasteiger partial charge in [-0.3, -0.25) is 9.48 Å². The first-order chi connectivity index (χ1) is 10.6. The third-order valence-electron chi connectivity index (χ3n) is 3.39. The molecule has 0 fully saturated rings. The van der Waals surface area contributed by atoms with E-state index in [1.165, 1.54) is 0 Å². The molecule has 0 aliphatic rings. The molecule has 2 aromatic rings. The number of amides is 1. The Kier molecular flexibility index (Phi) is 5.49. The molecule has 0 radical (unpaired) electrons. The number of thioether (sulfide) groups is 1. The van der Waals surface area contributed by atoms with E-state index < -0.39 is 0 Å². The predicted octanol–water partition coefficient (Wildman–Crippen LogP) is 3.10. The fraction of sp³-hybridized carbons (Fsp3) is 0.375. The molecule has 0 unspecified atom stereocenters. The maximum atomic E-state index is 12.0. The number of rotatable bonds is 6. The fourth-order valence-electron chi connectivity index (χ4n) is 2.29. The molecular weight excluding hydrogens is 298 g/mol. The average molecular weight is 319 g/mol. The highest BCUT2D eigenvalue weighted by molar-refractivity contribution is 7.98. The Morgan fingerprint density at radius 3 is 2.64 bits per heavy atom. The van der Waals surface area contributed by atoms with E-state index in [9.17, 15) is 4.79 Å². The van der Waals surface area contributed by atoms with Crippen molar-refractivity contribution in [3.63, 3.8) is 0 Å². The lowest BCUT2D eigenvalue weighted by Gasteiger charge is -2.09. The van der Waals surface area contributed by atoms with Gasteiger partial charge in [-0.2, -0.15) is 16.9 Å². The van der Waals surface area contributed by atoms with Crippen LogP contribution in [0.15, 0.2) is 24.3 Å². The summed E-state index contributed by atoms with van der Waals surface area (Å²) in [7, 11) is 3.48. The SMILES string of the molecule is COc1ccc(-c2c(C)nn(C)c2NC(=O)CCSC)cc1. The Bertz CT molecular complexity index is 650. The number of ether oxygens (including phenoxy) is 1. The Morgan fingerprint density at radius 1 is 1.36 bits per heavy atom. The molecular formula is C16H21N3O2S. The van der Waals surface area contributed by atoms with Crippen molar-refractivity contribution < 1.29 is 9.53 Å². The smallest absolute Gasteiger partial charge is 0.226 e. The van der Waals surface area contributed by atoms with Gasteiger partial charge in [0.25, 0.3) is 0 Å². The second-order valence-corrected chi connectivity index (χ2v) is 5.94. The summed E-state index contributed by atoms with van der Waals surface area (Å²) in [5.74, 6) is 2.34. The molecule has 0 saturated carbocycles. The molecule has 1 heterocycles. The number of carbonyl (C=O) groups is 1. The molecule has 1 aromatic heterocycles. The Balaban J connectivity index is 2.32. The van der Waals surface area contributed by atoms with Crippen LogP contribution in [0.5, 0.6) is 5.75 Å². The molecule has 0 atom stereocenters. The summed E-state index contributed by atoms with van der Waals surface area (Å²) < 4.78 is 6.90. The molecule has 0 bridgehead atoms. The number of nitrogens with zero attached hydrogens (tertiary/aromatic N) is 2.